The molecule has 1 aliphatic carbocycles. The lowest BCUT2D eigenvalue weighted by molar-refractivity contribution is 0.307. The smallest absolute Gasteiger partial charge is 0.211 e. The Morgan fingerprint density at radius 3 is 2.67 bits per heavy atom. The molecule has 30 heavy (non-hydrogen) atoms. The predicted molar refractivity (Wildman–Crippen MR) is 120 cm³/mol. The van der Waals surface area contributed by atoms with Crippen LogP contribution >= 0.6 is 11.3 Å². The van der Waals surface area contributed by atoms with Gasteiger partial charge >= 0.3 is 0 Å². The van der Waals surface area contributed by atoms with Crippen molar-refractivity contribution in [1.29, 1.82) is 0 Å². The van der Waals surface area contributed by atoms with Crippen LogP contribution in [-0.2, 0) is 0 Å². The Labute approximate surface area is 178 Å². The van der Waals surface area contributed by atoms with E-state index >= 15 is 0 Å². The second-order valence-corrected chi connectivity index (χ2v) is 8.68. The molecule has 4 nitrogen and oxygen atoms in total. The highest BCUT2D eigenvalue weighted by Gasteiger charge is 2.23. The largest absolute Gasteiger partial charge is 0.493 e. The molecule has 6 heteroatoms. The number of halogens is 1. The molecule has 2 heterocycles. The molecule has 2 aromatic carbocycles. The van der Waals surface area contributed by atoms with Gasteiger partial charge in [0.25, 0.3) is 0 Å². The Bertz CT molecular complexity index is 1220. The van der Waals surface area contributed by atoms with Crippen LogP contribution in [0.3, 0.4) is 0 Å². The monoisotopic (exact) mass is 419 g/mol. The number of nitrogens with zero attached hydrogens (tertiary/aromatic N) is 3. The lowest BCUT2D eigenvalue weighted by Gasteiger charge is -2.23. The van der Waals surface area contributed by atoms with Gasteiger partial charge in [-0.15, -0.1) is 0 Å². The zero-order chi connectivity index (χ0) is 20.5. The molecule has 1 aliphatic heterocycles. The zero-order valence-electron chi connectivity index (χ0n) is 16.5. The summed E-state index contributed by atoms with van der Waals surface area (Å²) in [5.74, 6) is -0.162. The Kier molecular flexibility index (Phi) is 5.09. The highest BCUT2D eigenvalue weighted by Crippen LogP contribution is 2.37. The van der Waals surface area contributed by atoms with E-state index in [-0.39, 0.29) is 23.4 Å². The van der Waals surface area contributed by atoms with Crippen LogP contribution in [0.5, 0.6) is 5.88 Å². The van der Waals surface area contributed by atoms with Crippen LogP contribution in [0.2, 0.25) is 0 Å². The topological polar surface area (TPSA) is 49.9 Å². The average Bonchev–Trinajstić information content (AvgIpc) is 3.32. The Morgan fingerprint density at radius 2 is 1.83 bits per heavy atom. The standard InChI is InChI=1S/C24H22FN3OS/c25-19-11-5-7-13-21(19)27-24-28(17-8-2-1-3-9-17)23(29)22(30-24)14-16-15-26-20-12-6-4-10-18(16)20/h4-7,10-15,17,29H,1-3,8-9H2/b16-14-,27-24?. The van der Waals surface area contributed by atoms with Crippen LogP contribution in [0.4, 0.5) is 15.8 Å². The summed E-state index contributed by atoms with van der Waals surface area (Å²) in [6, 6.07) is 14.6. The third-order valence-corrected chi connectivity index (χ3v) is 6.70. The molecule has 1 aromatic heterocycles. The summed E-state index contributed by atoms with van der Waals surface area (Å²) in [5.41, 5.74) is 3.21. The molecule has 0 atom stereocenters. The van der Waals surface area contributed by atoms with Crippen molar-refractivity contribution in [2.45, 2.75) is 38.1 Å². The van der Waals surface area contributed by atoms with Crippen molar-refractivity contribution < 1.29 is 9.50 Å². The van der Waals surface area contributed by atoms with Crippen LogP contribution in [0.1, 0.15) is 48.6 Å². The molecular weight excluding hydrogens is 397 g/mol. The number of aromatic hydroxyl groups is 1. The van der Waals surface area contributed by atoms with Crippen molar-refractivity contribution >= 4 is 40.6 Å². The minimum atomic E-state index is -0.364. The van der Waals surface area contributed by atoms with Gasteiger partial charge in [-0.25, -0.2) is 9.38 Å². The second kappa shape index (κ2) is 8.03. The first-order valence-corrected chi connectivity index (χ1v) is 11.1. The van der Waals surface area contributed by atoms with Gasteiger partial charge in [-0.2, -0.15) is 0 Å². The number of fused-ring (bicyclic) bond motifs is 1. The summed E-state index contributed by atoms with van der Waals surface area (Å²) >= 11 is 1.39. The van der Waals surface area contributed by atoms with E-state index in [2.05, 4.69) is 9.98 Å². The van der Waals surface area contributed by atoms with Crippen molar-refractivity contribution in [2.24, 2.45) is 9.98 Å². The third-order valence-electron chi connectivity index (χ3n) is 5.71. The van der Waals surface area contributed by atoms with Gasteiger partial charge in [0.05, 0.1) is 10.6 Å². The average molecular weight is 420 g/mol. The van der Waals surface area contributed by atoms with E-state index in [0.717, 1.165) is 42.5 Å². The molecule has 0 radical (unpaired) electrons. The lowest BCUT2D eigenvalue weighted by Crippen LogP contribution is -2.22. The van der Waals surface area contributed by atoms with Crippen molar-refractivity contribution in [1.82, 2.24) is 4.57 Å². The fourth-order valence-corrected chi connectivity index (χ4v) is 5.23. The van der Waals surface area contributed by atoms with Gasteiger partial charge < -0.3 is 5.11 Å². The second-order valence-electron chi connectivity index (χ2n) is 7.67. The first-order valence-electron chi connectivity index (χ1n) is 10.3. The summed E-state index contributed by atoms with van der Waals surface area (Å²) in [5, 5.41) is 11.1. The van der Waals surface area contributed by atoms with Crippen LogP contribution < -0.4 is 4.80 Å². The van der Waals surface area contributed by atoms with Gasteiger partial charge in [0.15, 0.2) is 4.80 Å². The first kappa shape index (κ1) is 19.0. The number of allylic oxidation sites excluding steroid dienone is 1. The Morgan fingerprint density at radius 1 is 1.07 bits per heavy atom. The van der Waals surface area contributed by atoms with Gasteiger partial charge in [-0.05, 0) is 37.1 Å². The molecule has 0 saturated heterocycles. The minimum absolute atomic E-state index is 0.178. The number of benzene rings is 2. The molecule has 2 aliphatic rings. The molecule has 1 fully saturated rings. The third kappa shape index (κ3) is 3.52. The molecule has 0 spiro atoms. The summed E-state index contributed by atoms with van der Waals surface area (Å²) < 4.78 is 16.2. The summed E-state index contributed by atoms with van der Waals surface area (Å²) in [7, 11) is 0. The van der Waals surface area contributed by atoms with E-state index in [4.69, 9.17) is 0 Å². The molecule has 0 bridgehead atoms. The fraction of sp³-hybridized carbons (Fsp3) is 0.250. The number of hydrogen-bond acceptors (Lipinski definition) is 4. The van der Waals surface area contributed by atoms with Gasteiger partial charge in [0.2, 0.25) is 5.88 Å². The van der Waals surface area contributed by atoms with Gasteiger partial charge in [0, 0.05) is 23.4 Å². The summed E-state index contributed by atoms with van der Waals surface area (Å²) in [4.78, 5) is 10.4. The number of hydrogen-bond donors (Lipinski definition) is 1. The number of aliphatic imine (C=N–C) groups is 1. The molecule has 5 rings (SSSR count). The van der Waals surface area contributed by atoms with E-state index in [1.807, 2.05) is 41.1 Å². The van der Waals surface area contributed by atoms with Crippen molar-refractivity contribution in [3.8, 4) is 5.88 Å². The number of aromatic nitrogens is 1. The molecule has 1 N–H and O–H groups in total. The molecular formula is C24H22FN3OS. The van der Waals surface area contributed by atoms with Crippen LogP contribution in [0.25, 0.3) is 11.6 Å². The van der Waals surface area contributed by atoms with E-state index in [0.29, 0.717) is 9.68 Å². The normalized spacial score (nSPS) is 18.3. The lowest BCUT2D eigenvalue weighted by atomic mass is 9.95. The van der Waals surface area contributed by atoms with E-state index in [9.17, 15) is 9.50 Å². The van der Waals surface area contributed by atoms with E-state index < -0.39 is 0 Å². The van der Waals surface area contributed by atoms with Crippen molar-refractivity contribution in [3.63, 3.8) is 0 Å². The predicted octanol–water partition coefficient (Wildman–Crippen LogP) is 6.39. The maximum atomic E-state index is 14.3. The summed E-state index contributed by atoms with van der Waals surface area (Å²) in [6.45, 7) is 0. The maximum absolute atomic E-state index is 14.3. The SMILES string of the molecule is Oc1c(/C=C2/C=Nc3ccccc32)sc(=Nc2ccccc2F)n1C1CCCCC1. The fourth-order valence-electron chi connectivity index (χ4n) is 4.18. The Hall–Kier alpha value is -2.99. The van der Waals surface area contributed by atoms with Crippen LogP contribution in [0, 0.1) is 5.82 Å². The minimum Gasteiger partial charge on any atom is -0.493 e. The Balaban J connectivity index is 1.65. The molecule has 3 aromatic rings. The van der Waals surface area contributed by atoms with Crippen LogP contribution in [0.15, 0.2) is 58.5 Å². The molecule has 152 valence electrons. The number of rotatable bonds is 3. The van der Waals surface area contributed by atoms with Crippen molar-refractivity contribution in [2.75, 3.05) is 0 Å². The van der Waals surface area contributed by atoms with E-state index in [1.165, 1.54) is 23.8 Å². The van der Waals surface area contributed by atoms with Crippen LogP contribution in [-0.4, -0.2) is 15.9 Å². The molecule has 0 amide bonds. The highest BCUT2D eigenvalue weighted by atomic mass is 32.1. The highest BCUT2D eigenvalue weighted by molar-refractivity contribution is 7.10. The quantitative estimate of drug-likeness (QED) is 0.525. The zero-order valence-corrected chi connectivity index (χ0v) is 17.3. The van der Waals surface area contributed by atoms with E-state index in [1.54, 1.807) is 18.2 Å². The molecule has 1 saturated carbocycles. The summed E-state index contributed by atoms with van der Waals surface area (Å²) in [6.07, 6.45) is 9.23. The van der Waals surface area contributed by atoms with Gasteiger partial charge in [-0.1, -0.05) is 60.9 Å². The molecule has 0 unspecified atom stereocenters. The van der Waals surface area contributed by atoms with Gasteiger partial charge in [-0.3, -0.25) is 9.56 Å². The van der Waals surface area contributed by atoms with Gasteiger partial charge in [0.1, 0.15) is 11.5 Å². The van der Waals surface area contributed by atoms with Crippen molar-refractivity contribution in [3.05, 3.63) is 69.6 Å². The maximum Gasteiger partial charge on any atom is 0.211 e. The first-order chi connectivity index (χ1) is 14.7. The number of thiazole rings is 1. The number of para-hydroxylation sites is 2.